The number of rotatable bonds is 0. The van der Waals surface area contributed by atoms with Crippen LogP contribution in [0.2, 0.25) is 0 Å². The monoisotopic (exact) mass is 274 g/mol. The molecule has 0 aromatic rings. The minimum absolute atomic E-state index is 0.188. The zero-order chi connectivity index (χ0) is 15.3. The standard InChI is InChI=1S/C19H30O/c1-11-14-12(2)19(9-10-19)17(6,7)15(20)18(14,8)13(3)16(11,4)5/h11,13H,9-10H2,1-8H3. The van der Waals surface area contributed by atoms with Crippen molar-refractivity contribution in [2.75, 3.05) is 0 Å². The minimum Gasteiger partial charge on any atom is -0.298 e. The summed E-state index contributed by atoms with van der Waals surface area (Å²) in [5, 5.41) is 0. The fourth-order valence-corrected chi connectivity index (χ4v) is 5.93. The molecule has 3 unspecified atom stereocenters. The molecule has 20 heavy (non-hydrogen) atoms. The van der Waals surface area contributed by atoms with E-state index in [-0.39, 0.29) is 21.7 Å². The number of Topliss-reactive ketones (excluding diaryl/α,β-unsaturated/α-hetero) is 1. The molecule has 2 fully saturated rings. The lowest BCUT2D eigenvalue weighted by Crippen LogP contribution is -2.51. The number of carbonyl (C=O) groups excluding carboxylic acids is 1. The first kappa shape index (κ1) is 14.4. The van der Waals surface area contributed by atoms with Gasteiger partial charge in [-0.05, 0) is 43.9 Å². The molecular formula is C19H30O. The van der Waals surface area contributed by atoms with E-state index in [4.69, 9.17) is 0 Å². The van der Waals surface area contributed by atoms with Gasteiger partial charge in [0.1, 0.15) is 5.78 Å². The normalized spacial score (nSPS) is 43.9. The number of carbonyl (C=O) groups is 1. The van der Waals surface area contributed by atoms with Gasteiger partial charge in [-0.1, -0.05) is 52.7 Å². The summed E-state index contributed by atoms with van der Waals surface area (Å²) in [6, 6.07) is 0. The van der Waals surface area contributed by atoms with Crippen molar-refractivity contribution in [3.8, 4) is 0 Å². The Labute approximate surface area is 124 Å². The fourth-order valence-electron chi connectivity index (χ4n) is 5.93. The molecule has 0 aliphatic heterocycles. The van der Waals surface area contributed by atoms with Crippen LogP contribution in [0.25, 0.3) is 0 Å². The third-order valence-corrected chi connectivity index (χ3v) is 8.20. The van der Waals surface area contributed by atoms with Gasteiger partial charge in [-0.15, -0.1) is 0 Å². The van der Waals surface area contributed by atoms with Crippen LogP contribution in [0, 0.1) is 33.5 Å². The maximum Gasteiger partial charge on any atom is 0.149 e. The smallest absolute Gasteiger partial charge is 0.149 e. The van der Waals surface area contributed by atoms with Gasteiger partial charge in [-0.25, -0.2) is 0 Å². The molecule has 0 bridgehead atoms. The van der Waals surface area contributed by atoms with E-state index in [0.29, 0.717) is 17.6 Å². The highest BCUT2D eigenvalue weighted by Gasteiger charge is 2.71. The van der Waals surface area contributed by atoms with Gasteiger partial charge in [0.2, 0.25) is 0 Å². The highest BCUT2D eigenvalue weighted by molar-refractivity contribution is 5.97. The number of hydrogen-bond acceptors (Lipinski definition) is 1. The number of allylic oxidation sites excluding steroid dienone is 2. The third kappa shape index (κ3) is 1.17. The molecular weight excluding hydrogens is 244 g/mol. The van der Waals surface area contributed by atoms with Crippen molar-refractivity contribution in [3.05, 3.63) is 11.1 Å². The fraction of sp³-hybridized carbons (Fsp3) is 0.842. The zero-order valence-electron chi connectivity index (χ0n) is 14.5. The first-order valence-corrected chi connectivity index (χ1v) is 8.22. The molecule has 0 aromatic carbocycles. The molecule has 3 atom stereocenters. The van der Waals surface area contributed by atoms with Crippen LogP contribution < -0.4 is 0 Å². The summed E-state index contributed by atoms with van der Waals surface area (Å²) >= 11 is 0. The summed E-state index contributed by atoms with van der Waals surface area (Å²) in [4.78, 5) is 13.5. The first-order chi connectivity index (χ1) is 8.95. The third-order valence-electron chi connectivity index (χ3n) is 8.20. The quantitative estimate of drug-likeness (QED) is 0.567. The van der Waals surface area contributed by atoms with E-state index in [1.54, 1.807) is 5.57 Å². The second-order valence-electron chi connectivity index (χ2n) is 9.04. The van der Waals surface area contributed by atoms with Crippen LogP contribution >= 0.6 is 0 Å². The van der Waals surface area contributed by atoms with Crippen LogP contribution in [0.3, 0.4) is 0 Å². The Kier molecular flexibility index (Phi) is 2.45. The predicted molar refractivity (Wildman–Crippen MR) is 83.4 cm³/mol. The summed E-state index contributed by atoms with van der Waals surface area (Å²) in [5.74, 6) is 1.44. The molecule has 1 heteroatoms. The topological polar surface area (TPSA) is 17.1 Å². The predicted octanol–water partition coefficient (Wildman–Crippen LogP) is 5.01. The van der Waals surface area contributed by atoms with Gasteiger partial charge >= 0.3 is 0 Å². The highest BCUT2D eigenvalue weighted by Crippen LogP contribution is 2.75. The average Bonchev–Trinajstić information content (AvgIpc) is 3.14. The Morgan fingerprint density at radius 2 is 1.50 bits per heavy atom. The van der Waals surface area contributed by atoms with Gasteiger partial charge in [0, 0.05) is 10.8 Å². The van der Waals surface area contributed by atoms with Crippen LogP contribution in [-0.4, -0.2) is 5.78 Å². The van der Waals surface area contributed by atoms with Crippen molar-refractivity contribution in [1.29, 1.82) is 0 Å². The second kappa shape index (κ2) is 3.42. The summed E-state index contributed by atoms with van der Waals surface area (Å²) in [6.07, 6.45) is 2.41. The van der Waals surface area contributed by atoms with E-state index in [9.17, 15) is 4.79 Å². The summed E-state index contributed by atoms with van der Waals surface area (Å²) in [6.45, 7) is 18.3. The Bertz CT molecular complexity index is 530. The Balaban J connectivity index is 2.33. The van der Waals surface area contributed by atoms with E-state index < -0.39 is 0 Å². The maximum absolute atomic E-state index is 13.5. The molecule has 0 radical (unpaired) electrons. The number of hydrogen-bond donors (Lipinski definition) is 0. The molecule has 0 amide bonds. The van der Waals surface area contributed by atoms with Crippen LogP contribution in [0.4, 0.5) is 0 Å². The Hall–Kier alpha value is -0.590. The minimum atomic E-state index is -0.246. The van der Waals surface area contributed by atoms with Crippen LogP contribution in [0.1, 0.15) is 68.2 Å². The maximum atomic E-state index is 13.5. The van der Waals surface area contributed by atoms with Crippen molar-refractivity contribution in [2.45, 2.75) is 68.2 Å². The van der Waals surface area contributed by atoms with Gasteiger partial charge < -0.3 is 0 Å². The van der Waals surface area contributed by atoms with E-state index in [2.05, 4.69) is 55.4 Å². The van der Waals surface area contributed by atoms with E-state index in [1.807, 2.05) is 0 Å². The van der Waals surface area contributed by atoms with Crippen molar-refractivity contribution in [2.24, 2.45) is 33.5 Å². The van der Waals surface area contributed by atoms with E-state index in [0.717, 1.165) is 0 Å². The summed E-state index contributed by atoms with van der Waals surface area (Å²) in [5.41, 5.74) is 3.02. The lowest BCUT2D eigenvalue weighted by Gasteiger charge is -2.49. The Morgan fingerprint density at radius 3 is 1.95 bits per heavy atom. The van der Waals surface area contributed by atoms with Crippen molar-refractivity contribution < 1.29 is 4.79 Å². The molecule has 3 aliphatic carbocycles. The lowest BCUT2D eigenvalue weighted by molar-refractivity contribution is -0.142. The van der Waals surface area contributed by atoms with Crippen LogP contribution in [0.5, 0.6) is 0 Å². The molecule has 1 nitrogen and oxygen atoms in total. The lowest BCUT2D eigenvalue weighted by atomic mass is 9.53. The number of fused-ring (bicyclic) bond motifs is 1. The van der Waals surface area contributed by atoms with Crippen molar-refractivity contribution in [3.63, 3.8) is 0 Å². The molecule has 2 saturated carbocycles. The molecule has 0 saturated heterocycles. The second-order valence-corrected chi connectivity index (χ2v) is 9.04. The molecule has 1 spiro atoms. The van der Waals surface area contributed by atoms with Gasteiger partial charge in [-0.3, -0.25) is 4.79 Å². The van der Waals surface area contributed by atoms with Gasteiger partial charge in [0.25, 0.3) is 0 Å². The van der Waals surface area contributed by atoms with E-state index in [1.165, 1.54) is 18.4 Å². The van der Waals surface area contributed by atoms with Crippen LogP contribution in [0.15, 0.2) is 11.1 Å². The van der Waals surface area contributed by atoms with E-state index >= 15 is 0 Å². The highest BCUT2D eigenvalue weighted by atomic mass is 16.1. The average molecular weight is 274 g/mol. The molecule has 0 N–H and O–H groups in total. The molecule has 0 heterocycles. The molecule has 3 rings (SSSR count). The summed E-state index contributed by atoms with van der Waals surface area (Å²) < 4.78 is 0. The van der Waals surface area contributed by atoms with Gasteiger partial charge in [0.15, 0.2) is 0 Å². The summed E-state index contributed by atoms with van der Waals surface area (Å²) in [7, 11) is 0. The van der Waals surface area contributed by atoms with Gasteiger partial charge in [-0.2, -0.15) is 0 Å². The largest absolute Gasteiger partial charge is 0.298 e. The van der Waals surface area contributed by atoms with Gasteiger partial charge in [0.05, 0.1) is 5.41 Å². The number of ketones is 1. The molecule has 0 aromatic heterocycles. The first-order valence-electron chi connectivity index (χ1n) is 8.22. The molecule has 3 aliphatic rings. The molecule has 112 valence electrons. The zero-order valence-corrected chi connectivity index (χ0v) is 14.5. The SMILES string of the molecule is CC1=C2C(C)C(C)(C)C(C)C2(C)C(=O)C(C)(C)C12CC2. The van der Waals surface area contributed by atoms with Crippen molar-refractivity contribution >= 4 is 5.78 Å². The van der Waals surface area contributed by atoms with Crippen LogP contribution in [-0.2, 0) is 4.79 Å². The Morgan fingerprint density at radius 1 is 1.00 bits per heavy atom. The van der Waals surface area contributed by atoms with Crippen molar-refractivity contribution in [1.82, 2.24) is 0 Å².